The van der Waals surface area contributed by atoms with Crippen molar-refractivity contribution in [3.8, 4) is 5.75 Å². The number of carbonyl (C=O) groups excluding carboxylic acids is 1. The van der Waals surface area contributed by atoms with Crippen molar-refractivity contribution in [2.24, 2.45) is 0 Å². The van der Waals surface area contributed by atoms with E-state index >= 15 is 0 Å². The number of hydrogen-bond donors (Lipinski definition) is 0. The Morgan fingerprint density at radius 1 is 1.48 bits per heavy atom. The summed E-state index contributed by atoms with van der Waals surface area (Å²) in [4.78, 5) is 13.7. The summed E-state index contributed by atoms with van der Waals surface area (Å²) in [5, 5.41) is 0. The van der Waals surface area contributed by atoms with E-state index in [2.05, 4.69) is 28.7 Å². The predicted molar refractivity (Wildman–Crippen MR) is 84.0 cm³/mol. The Kier molecular flexibility index (Phi) is 7.78. The van der Waals surface area contributed by atoms with Crippen LogP contribution in [0.2, 0.25) is 0 Å². The van der Waals surface area contributed by atoms with E-state index in [1.54, 1.807) is 17.0 Å². The molecule has 1 aromatic rings. The first kappa shape index (κ1) is 19.0. The van der Waals surface area contributed by atoms with Crippen LogP contribution in [0.4, 0.5) is 4.39 Å². The Morgan fingerprint density at radius 2 is 2.19 bits per heavy atom. The Balaban J connectivity index is 0.00000220. The summed E-state index contributed by atoms with van der Waals surface area (Å²) in [6.07, 6.45) is 3.65. The summed E-state index contributed by atoms with van der Waals surface area (Å²) in [7, 11) is 0. The van der Waals surface area contributed by atoms with Crippen molar-refractivity contribution in [2.75, 3.05) is 13.2 Å². The van der Waals surface area contributed by atoms with E-state index in [1.807, 2.05) is 13.8 Å². The third-order valence-electron chi connectivity index (χ3n) is 3.08. The molecule has 1 amide bonds. The molecule has 1 heterocycles. The maximum atomic E-state index is 14.2. The fraction of sp³-hybridized carbons (Fsp3) is 0.400. The molecule has 0 saturated carbocycles. The average Bonchev–Trinajstić information content (AvgIpc) is 2.43. The first-order valence-corrected chi connectivity index (χ1v) is 7.82. The zero-order chi connectivity index (χ0) is 14.7. The molecule has 0 saturated heterocycles. The summed E-state index contributed by atoms with van der Waals surface area (Å²) in [5.41, 5.74) is 0.929. The van der Waals surface area contributed by atoms with Crippen molar-refractivity contribution in [3.05, 3.63) is 35.7 Å². The molecule has 111 valence electrons. The molecule has 0 bridgehead atoms. The Morgan fingerprint density at radius 3 is 2.76 bits per heavy atom. The number of rotatable bonds is 4. The first-order valence-electron chi connectivity index (χ1n) is 6.57. The van der Waals surface area contributed by atoms with E-state index in [4.69, 9.17) is 4.74 Å². The zero-order valence-electron chi connectivity index (χ0n) is 12.0. The second kappa shape index (κ2) is 8.58. The number of halogens is 2. The van der Waals surface area contributed by atoms with E-state index < -0.39 is 5.82 Å². The second-order valence-electron chi connectivity index (χ2n) is 4.35. The molecule has 0 aromatic heterocycles. The summed E-state index contributed by atoms with van der Waals surface area (Å²) in [6, 6.07) is 4.71. The van der Waals surface area contributed by atoms with Gasteiger partial charge in [-0.15, -0.1) is 17.3 Å². The fourth-order valence-electron chi connectivity index (χ4n) is 2.15. The zero-order valence-corrected chi connectivity index (χ0v) is 17.0. The minimum absolute atomic E-state index is 0. The minimum atomic E-state index is -0.392. The molecule has 21 heavy (non-hydrogen) atoms. The van der Waals surface area contributed by atoms with Gasteiger partial charge in [0.05, 0.1) is 16.3 Å². The first-order chi connectivity index (χ1) is 9.58. The van der Waals surface area contributed by atoms with Crippen LogP contribution in [-0.2, 0) is 37.5 Å². The van der Waals surface area contributed by atoms with Crippen LogP contribution in [0.1, 0.15) is 25.8 Å². The summed E-state index contributed by atoms with van der Waals surface area (Å²) in [6.45, 7) is 4.72. The number of allylic oxidation sites excluding steroid dienone is 1. The van der Waals surface area contributed by atoms with Gasteiger partial charge in [0.2, 0.25) is 5.91 Å². The van der Waals surface area contributed by atoms with Crippen LogP contribution in [0.5, 0.6) is 5.75 Å². The maximum Gasteiger partial charge on any atom is 0.235 e. The SMILES string of the molecule is CCOc1ccc(C2=[C-]CC(I)C(=O)N2CC)c(F)c1.[Y]. The van der Waals surface area contributed by atoms with Gasteiger partial charge in [0.1, 0.15) is 5.75 Å². The standard InChI is InChI=1S/C15H16FINO2.Y/c1-3-18-14(8-7-13(17)15(18)19)11-6-5-10(20-4-2)9-12(11)16;/h5-6,9,13H,3-4,7H2,1-2H3;/q-1;. The Labute approximate surface area is 163 Å². The Bertz CT molecular complexity index is 550. The van der Waals surface area contributed by atoms with Gasteiger partial charge < -0.3 is 9.64 Å². The number of alkyl halides is 1. The van der Waals surface area contributed by atoms with Gasteiger partial charge in [0, 0.05) is 39.3 Å². The van der Waals surface area contributed by atoms with Crippen LogP contribution in [0.25, 0.3) is 5.70 Å². The number of hydrogen-bond acceptors (Lipinski definition) is 2. The molecular formula is C15H16FINO2Y-. The second-order valence-corrected chi connectivity index (χ2v) is 5.86. The Hall–Kier alpha value is -0.00610. The molecule has 1 aliphatic rings. The molecule has 0 aliphatic carbocycles. The van der Waals surface area contributed by atoms with Crippen LogP contribution in [-0.4, -0.2) is 27.9 Å². The number of amides is 1. The van der Waals surface area contributed by atoms with Crippen LogP contribution >= 0.6 is 22.6 Å². The van der Waals surface area contributed by atoms with E-state index in [9.17, 15) is 9.18 Å². The van der Waals surface area contributed by atoms with Crippen LogP contribution in [0.3, 0.4) is 0 Å². The molecule has 0 N–H and O–H groups in total. The van der Waals surface area contributed by atoms with E-state index in [0.29, 0.717) is 36.6 Å². The molecule has 1 atom stereocenters. The quantitative estimate of drug-likeness (QED) is 0.378. The van der Waals surface area contributed by atoms with Crippen molar-refractivity contribution in [2.45, 2.75) is 24.2 Å². The molecule has 1 unspecified atom stereocenters. The molecular weight excluding hydrogens is 461 g/mol. The number of carbonyl (C=O) groups is 1. The topological polar surface area (TPSA) is 29.5 Å². The fourth-order valence-corrected chi connectivity index (χ4v) is 2.70. The van der Waals surface area contributed by atoms with Gasteiger partial charge in [0.15, 0.2) is 0 Å². The summed E-state index contributed by atoms with van der Waals surface area (Å²) in [5.74, 6) is 0.109. The van der Waals surface area contributed by atoms with Gasteiger partial charge in [0.25, 0.3) is 0 Å². The van der Waals surface area contributed by atoms with Gasteiger partial charge in [-0.05, 0) is 26.0 Å². The van der Waals surface area contributed by atoms with Gasteiger partial charge in [-0.2, -0.15) is 0 Å². The maximum absolute atomic E-state index is 14.2. The van der Waals surface area contributed by atoms with E-state index in [1.165, 1.54) is 6.07 Å². The molecule has 0 spiro atoms. The molecule has 1 radical (unpaired) electrons. The molecule has 2 rings (SSSR count). The van der Waals surface area contributed by atoms with Crippen molar-refractivity contribution < 1.29 is 46.6 Å². The molecule has 3 nitrogen and oxygen atoms in total. The summed E-state index contributed by atoms with van der Waals surface area (Å²) < 4.78 is 19.4. The van der Waals surface area contributed by atoms with Crippen molar-refractivity contribution in [1.29, 1.82) is 0 Å². The van der Waals surface area contributed by atoms with Crippen LogP contribution < -0.4 is 4.74 Å². The summed E-state index contributed by atoms with van der Waals surface area (Å²) >= 11 is 2.09. The number of ether oxygens (including phenoxy) is 1. The normalized spacial score (nSPS) is 18.1. The third-order valence-corrected chi connectivity index (χ3v) is 4.05. The minimum Gasteiger partial charge on any atom is -0.494 e. The van der Waals surface area contributed by atoms with Crippen molar-refractivity contribution in [3.63, 3.8) is 0 Å². The van der Waals surface area contributed by atoms with E-state index in [0.717, 1.165) is 0 Å². The molecule has 6 heteroatoms. The third kappa shape index (κ3) is 4.26. The smallest absolute Gasteiger partial charge is 0.235 e. The molecule has 0 fully saturated rings. The monoisotopic (exact) mass is 477 g/mol. The van der Waals surface area contributed by atoms with Gasteiger partial charge in [-0.25, -0.2) is 10.5 Å². The molecule has 1 aromatic carbocycles. The van der Waals surface area contributed by atoms with Gasteiger partial charge in [-0.1, -0.05) is 29.0 Å². The van der Waals surface area contributed by atoms with Crippen molar-refractivity contribution >= 4 is 34.2 Å². The number of nitrogens with zero attached hydrogens (tertiary/aromatic N) is 1. The van der Waals surface area contributed by atoms with Crippen LogP contribution in [0.15, 0.2) is 18.2 Å². The predicted octanol–water partition coefficient (Wildman–Crippen LogP) is 3.42. The van der Waals surface area contributed by atoms with Crippen molar-refractivity contribution in [1.82, 2.24) is 4.90 Å². The van der Waals surface area contributed by atoms with Crippen LogP contribution in [0, 0.1) is 11.9 Å². The van der Waals surface area contributed by atoms with E-state index in [-0.39, 0.29) is 42.5 Å². The average molecular weight is 477 g/mol. The number of benzene rings is 1. The molecule has 1 aliphatic heterocycles. The largest absolute Gasteiger partial charge is 0.494 e. The van der Waals surface area contributed by atoms with Gasteiger partial charge in [-0.3, -0.25) is 4.79 Å². The van der Waals surface area contributed by atoms with Gasteiger partial charge >= 0.3 is 0 Å².